The van der Waals surface area contributed by atoms with Crippen LogP contribution in [0.3, 0.4) is 0 Å². The van der Waals surface area contributed by atoms with Gasteiger partial charge in [-0.15, -0.1) is 0 Å². The molecule has 1 aromatic carbocycles. The monoisotopic (exact) mass is 273 g/mol. The molecule has 1 heterocycles. The number of aliphatic hydroxyl groups is 1. The van der Waals surface area contributed by atoms with Gasteiger partial charge in [-0.1, -0.05) is 13.0 Å². The van der Waals surface area contributed by atoms with E-state index in [1.807, 2.05) is 42.3 Å². The number of hydrogen-bond donors (Lipinski definition) is 2. The number of nitrogens with one attached hydrogen (secondary N) is 1. The number of hydrogen-bond acceptors (Lipinski definition) is 4. The SMILES string of the molecule is CCN(CC#N)CC(O)COc1cccc2[nH]ccc12. The van der Waals surface area contributed by atoms with E-state index in [-0.39, 0.29) is 6.61 Å². The molecule has 0 fully saturated rings. The number of rotatable bonds is 7. The van der Waals surface area contributed by atoms with Gasteiger partial charge in [0.05, 0.1) is 12.6 Å². The van der Waals surface area contributed by atoms with Gasteiger partial charge in [0.25, 0.3) is 0 Å². The van der Waals surface area contributed by atoms with E-state index < -0.39 is 6.10 Å². The van der Waals surface area contributed by atoms with Crippen LogP contribution in [0.15, 0.2) is 30.5 Å². The number of aromatic nitrogens is 1. The number of nitrogens with zero attached hydrogens (tertiary/aromatic N) is 2. The van der Waals surface area contributed by atoms with Crippen molar-refractivity contribution in [3.8, 4) is 11.8 Å². The van der Waals surface area contributed by atoms with E-state index in [0.717, 1.165) is 23.2 Å². The smallest absolute Gasteiger partial charge is 0.128 e. The lowest BCUT2D eigenvalue weighted by atomic mass is 10.2. The highest BCUT2D eigenvalue weighted by Crippen LogP contribution is 2.24. The summed E-state index contributed by atoms with van der Waals surface area (Å²) in [6, 6.07) is 9.81. The molecule has 106 valence electrons. The molecule has 0 spiro atoms. The fourth-order valence-electron chi connectivity index (χ4n) is 2.12. The number of aromatic amines is 1. The number of likely N-dealkylation sites (N-methyl/N-ethyl adjacent to an activating group) is 1. The van der Waals surface area contributed by atoms with Crippen LogP contribution in [-0.2, 0) is 0 Å². The lowest BCUT2D eigenvalue weighted by molar-refractivity contribution is 0.0746. The van der Waals surface area contributed by atoms with Gasteiger partial charge in [-0.05, 0) is 24.7 Å². The summed E-state index contributed by atoms with van der Waals surface area (Å²) >= 11 is 0. The maximum Gasteiger partial charge on any atom is 0.128 e. The molecule has 2 N–H and O–H groups in total. The Morgan fingerprint density at radius 1 is 1.45 bits per heavy atom. The van der Waals surface area contributed by atoms with Gasteiger partial charge in [-0.3, -0.25) is 4.90 Å². The Morgan fingerprint density at radius 2 is 2.30 bits per heavy atom. The van der Waals surface area contributed by atoms with Crippen LogP contribution in [0.25, 0.3) is 10.9 Å². The Bertz CT molecular complexity index is 588. The van der Waals surface area contributed by atoms with Gasteiger partial charge >= 0.3 is 0 Å². The summed E-state index contributed by atoms with van der Waals surface area (Å²) in [6.07, 6.45) is 1.25. The zero-order valence-corrected chi connectivity index (χ0v) is 11.5. The third-order valence-corrected chi connectivity index (χ3v) is 3.20. The fourth-order valence-corrected chi connectivity index (χ4v) is 2.12. The van der Waals surface area contributed by atoms with E-state index in [0.29, 0.717) is 13.1 Å². The first-order valence-corrected chi connectivity index (χ1v) is 6.71. The summed E-state index contributed by atoms with van der Waals surface area (Å²) in [5, 5.41) is 19.7. The van der Waals surface area contributed by atoms with Gasteiger partial charge in [-0.2, -0.15) is 5.26 Å². The standard InChI is InChI=1S/C15H19N3O2/c1-2-18(9-7-16)10-12(19)11-20-15-5-3-4-14-13(15)6-8-17-14/h3-6,8,12,17,19H,2,9-11H2,1H3. The minimum atomic E-state index is -0.613. The topological polar surface area (TPSA) is 72.3 Å². The van der Waals surface area contributed by atoms with E-state index >= 15 is 0 Å². The Morgan fingerprint density at radius 3 is 3.05 bits per heavy atom. The average molecular weight is 273 g/mol. The van der Waals surface area contributed by atoms with E-state index in [9.17, 15) is 5.11 Å². The molecule has 0 aliphatic carbocycles. The molecule has 1 unspecified atom stereocenters. The Kier molecular flexibility index (Phi) is 4.99. The van der Waals surface area contributed by atoms with Crippen LogP contribution in [0, 0.1) is 11.3 Å². The van der Waals surface area contributed by atoms with Gasteiger partial charge in [0.2, 0.25) is 0 Å². The van der Waals surface area contributed by atoms with Gasteiger partial charge in [0.15, 0.2) is 0 Å². The highest BCUT2D eigenvalue weighted by atomic mass is 16.5. The molecule has 0 amide bonds. The van der Waals surface area contributed by atoms with Crippen LogP contribution >= 0.6 is 0 Å². The summed E-state index contributed by atoms with van der Waals surface area (Å²) < 4.78 is 5.68. The van der Waals surface area contributed by atoms with Gasteiger partial charge in [-0.25, -0.2) is 0 Å². The summed E-state index contributed by atoms with van der Waals surface area (Å²) in [7, 11) is 0. The van der Waals surface area contributed by atoms with Crippen molar-refractivity contribution in [2.24, 2.45) is 0 Å². The van der Waals surface area contributed by atoms with Crippen molar-refractivity contribution in [2.45, 2.75) is 13.0 Å². The van der Waals surface area contributed by atoms with Crippen LogP contribution in [0.2, 0.25) is 0 Å². The zero-order valence-electron chi connectivity index (χ0n) is 11.5. The van der Waals surface area contributed by atoms with Crippen molar-refractivity contribution in [3.05, 3.63) is 30.5 Å². The molecule has 5 heteroatoms. The number of ether oxygens (including phenoxy) is 1. The lowest BCUT2D eigenvalue weighted by Crippen LogP contribution is -2.35. The van der Waals surface area contributed by atoms with Crippen molar-refractivity contribution >= 4 is 10.9 Å². The Labute approximate surface area is 118 Å². The summed E-state index contributed by atoms with van der Waals surface area (Å²) in [5.74, 6) is 0.756. The second-order valence-electron chi connectivity index (χ2n) is 4.65. The van der Waals surface area contributed by atoms with Gasteiger partial charge in [0.1, 0.15) is 18.5 Å². The van der Waals surface area contributed by atoms with Crippen LogP contribution in [0.5, 0.6) is 5.75 Å². The molecule has 0 radical (unpaired) electrons. The average Bonchev–Trinajstić information content (AvgIpc) is 2.93. The number of benzene rings is 1. The van der Waals surface area contributed by atoms with Crippen molar-refractivity contribution in [3.63, 3.8) is 0 Å². The first-order valence-electron chi connectivity index (χ1n) is 6.71. The van der Waals surface area contributed by atoms with E-state index in [2.05, 4.69) is 11.1 Å². The Balaban J connectivity index is 1.91. The first kappa shape index (κ1) is 14.4. The van der Waals surface area contributed by atoms with Crippen LogP contribution in [0.1, 0.15) is 6.92 Å². The van der Waals surface area contributed by atoms with E-state index in [1.165, 1.54) is 0 Å². The normalized spacial score (nSPS) is 12.5. The second-order valence-corrected chi connectivity index (χ2v) is 4.65. The molecule has 2 aromatic rings. The highest BCUT2D eigenvalue weighted by Gasteiger charge is 2.11. The third-order valence-electron chi connectivity index (χ3n) is 3.20. The van der Waals surface area contributed by atoms with Crippen molar-refractivity contribution in [1.82, 2.24) is 9.88 Å². The molecule has 0 aliphatic heterocycles. The van der Waals surface area contributed by atoms with Crippen LogP contribution < -0.4 is 4.74 Å². The number of nitriles is 1. The molecule has 2 rings (SSSR count). The van der Waals surface area contributed by atoms with Crippen molar-refractivity contribution in [1.29, 1.82) is 5.26 Å². The van der Waals surface area contributed by atoms with E-state index in [1.54, 1.807) is 0 Å². The summed E-state index contributed by atoms with van der Waals surface area (Å²) in [6.45, 7) is 3.67. The predicted octanol–water partition coefficient (Wildman–Crippen LogP) is 1.75. The molecule has 0 aliphatic rings. The number of H-pyrrole nitrogens is 1. The number of fused-ring (bicyclic) bond motifs is 1. The molecule has 1 aromatic heterocycles. The summed E-state index contributed by atoms with van der Waals surface area (Å²) in [4.78, 5) is 5.00. The van der Waals surface area contributed by atoms with Crippen molar-refractivity contribution in [2.75, 3.05) is 26.2 Å². The largest absolute Gasteiger partial charge is 0.490 e. The minimum absolute atomic E-state index is 0.215. The molecule has 0 bridgehead atoms. The lowest BCUT2D eigenvalue weighted by Gasteiger charge is -2.21. The molecule has 20 heavy (non-hydrogen) atoms. The fraction of sp³-hybridized carbons (Fsp3) is 0.400. The zero-order chi connectivity index (χ0) is 14.4. The molecule has 0 saturated heterocycles. The number of aliphatic hydroxyl groups excluding tert-OH is 1. The first-order chi connectivity index (χ1) is 9.74. The molecular formula is C15H19N3O2. The second kappa shape index (κ2) is 6.94. The molecule has 5 nitrogen and oxygen atoms in total. The van der Waals surface area contributed by atoms with Gasteiger partial charge in [0, 0.05) is 23.6 Å². The minimum Gasteiger partial charge on any atom is -0.490 e. The predicted molar refractivity (Wildman–Crippen MR) is 77.5 cm³/mol. The Hall–Kier alpha value is -2.03. The quantitative estimate of drug-likeness (QED) is 0.754. The molecule has 0 saturated carbocycles. The maximum atomic E-state index is 9.98. The van der Waals surface area contributed by atoms with Crippen LogP contribution in [-0.4, -0.2) is 47.3 Å². The van der Waals surface area contributed by atoms with Crippen molar-refractivity contribution < 1.29 is 9.84 Å². The van der Waals surface area contributed by atoms with Gasteiger partial charge < -0.3 is 14.8 Å². The van der Waals surface area contributed by atoms with Crippen LogP contribution in [0.4, 0.5) is 0 Å². The highest BCUT2D eigenvalue weighted by molar-refractivity contribution is 5.85. The molecule has 1 atom stereocenters. The maximum absolute atomic E-state index is 9.98. The summed E-state index contributed by atoms with van der Waals surface area (Å²) in [5.41, 5.74) is 1.01. The van der Waals surface area contributed by atoms with E-state index in [4.69, 9.17) is 10.00 Å². The third kappa shape index (κ3) is 3.50. The molecular weight excluding hydrogens is 254 g/mol.